The first-order valence-electron chi connectivity index (χ1n) is 10.1. The van der Waals surface area contributed by atoms with Crippen molar-refractivity contribution in [2.45, 2.75) is 39.0 Å². The number of carboxylic acid groups (broad SMARTS) is 1. The smallest absolute Gasteiger partial charge is 0.335 e. The highest BCUT2D eigenvalue weighted by Crippen LogP contribution is 2.36. The Morgan fingerprint density at radius 3 is 2.70 bits per heavy atom. The van der Waals surface area contributed by atoms with Crippen LogP contribution in [0.25, 0.3) is 17.4 Å². The summed E-state index contributed by atoms with van der Waals surface area (Å²) in [4.78, 5) is 38.2. The predicted molar refractivity (Wildman–Crippen MR) is 115 cm³/mol. The van der Waals surface area contributed by atoms with E-state index in [-0.39, 0.29) is 16.7 Å². The van der Waals surface area contributed by atoms with Gasteiger partial charge in [-0.1, -0.05) is 31.4 Å². The molecule has 0 bridgehead atoms. The fourth-order valence-electron chi connectivity index (χ4n) is 4.12. The largest absolute Gasteiger partial charge is 0.478 e. The van der Waals surface area contributed by atoms with Crippen molar-refractivity contribution in [2.75, 3.05) is 6.54 Å². The molecule has 4 rings (SSSR count). The Hall–Kier alpha value is -2.80. The molecule has 1 saturated heterocycles. The lowest BCUT2D eigenvalue weighted by Gasteiger charge is -2.25. The van der Waals surface area contributed by atoms with Gasteiger partial charge in [-0.05, 0) is 61.2 Å². The molecule has 1 aliphatic heterocycles. The molecule has 30 heavy (non-hydrogen) atoms. The molecule has 0 spiro atoms. The number of benzene rings is 1. The Labute approximate surface area is 178 Å². The number of carbonyl (C=O) groups excluding carboxylic acids is 2. The summed E-state index contributed by atoms with van der Waals surface area (Å²) in [6.07, 6.45) is 7.27. The summed E-state index contributed by atoms with van der Waals surface area (Å²) in [5, 5.41) is 9.08. The maximum atomic E-state index is 12.8. The quantitative estimate of drug-likeness (QED) is 0.630. The molecule has 2 aliphatic rings. The first kappa shape index (κ1) is 20.5. The third kappa shape index (κ3) is 4.07. The summed E-state index contributed by atoms with van der Waals surface area (Å²) in [7, 11) is 0. The molecule has 2 aromatic rings. The van der Waals surface area contributed by atoms with Gasteiger partial charge < -0.3 is 9.52 Å². The minimum atomic E-state index is -0.993. The summed E-state index contributed by atoms with van der Waals surface area (Å²) in [5.74, 6) is 0.105. The van der Waals surface area contributed by atoms with E-state index in [0.717, 1.165) is 37.4 Å². The Morgan fingerprint density at radius 1 is 1.20 bits per heavy atom. The topological polar surface area (TPSA) is 87.8 Å². The maximum absolute atomic E-state index is 12.8. The number of nitrogens with zero attached hydrogens (tertiary/aromatic N) is 1. The fourth-order valence-corrected chi connectivity index (χ4v) is 4.95. The zero-order valence-corrected chi connectivity index (χ0v) is 17.5. The fraction of sp³-hybridized carbons (Fsp3) is 0.348. The van der Waals surface area contributed by atoms with Gasteiger partial charge in [-0.15, -0.1) is 0 Å². The van der Waals surface area contributed by atoms with E-state index in [4.69, 9.17) is 4.42 Å². The van der Waals surface area contributed by atoms with Crippen molar-refractivity contribution in [2.24, 2.45) is 5.92 Å². The molecule has 0 atom stereocenters. The highest BCUT2D eigenvalue weighted by Gasteiger charge is 2.36. The van der Waals surface area contributed by atoms with E-state index in [1.165, 1.54) is 11.3 Å². The van der Waals surface area contributed by atoms with Crippen LogP contribution < -0.4 is 0 Å². The minimum Gasteiger partial charge on any atom is -0.478 e. The van der Waals surface area contributed by atoms with Gasteiger partial charge in [0, 0.05) is 18.2 Å². The van der Waals surface area contributed by atoms with Crippen molar-refractivity contribution in [3.63, 3.8) is 0 Å². The number of carboxylic acids is 1. The average molecular weight is 426 g/mol. The second-order valence-corrected chi connectivity index (χ2v) is 8.77. The Kier molecular flexibility index (Phi) is 5.81. The van der Waals surface area contributed by atoms with Gasteiger partial charge in [0.15, 0.2) is 0 Å². The summed E-state index contributed by atoms with van der Waals surface area (Å²) >= 11 is 0.941. The van der Waals surface area contributed by atoms with Gasteiger partial charge in [0.25, 0.3) is 11.1 Å². The van der Waals surface area contributed by atoms with Crippen LogP contribution in [0.3, 0.4) is 0 Å². The Bertz CT molecular complexity index is 1030. The van der Waals surface area contributed by atoms with Crippen LogP contribution in [-0.4, -0.2) is 33.7 Å². The van der Waals surface area contributed by atoms with Crippen LogP contribution in [0.1, 0.15) is 53.8 Å². The molecule has 0 unspecified atom stereocenters. The van der Waals surface area contributed by atoms with Crippen LogP contribution in [-0.2, 0) is 4.79 Å². The van der Waals surface area contributed by atoms with E-state index < -0.39 is 5.97 Å². The van der Waals surface area contributed by atoms with Crippen molar-refractivity contribution < 1.29 is 23.9 Å². The third-order valence-electron chi connectivity index (χ3n) is 5.77. The molecule has 6 nitrogen and oxygen atoms in total. The van der Waals surface area contributed by atoms with Gasteiger partial charge in [0.05, 0.1) is 10.5 Å². The van der Waals surface area contributed by atoms with Crippen LogP contribution in [0, 0.1) is 12.8 Å². The van der Waals surface area contributed by atoms with Gasteiger partial charge in [0.1, 0.15) is 11.5 Å². The van der Waals surface area contributed by atoms with E-state index in [1.807, 2.05) is 0 Å². The standard InChI is InChI=1S/C23H23NO5S/c1-14-17(8-5-9-18(14)22(26)27)19-11-10-16(29-19)12-20-21(25)24(23(28)30-20)13-15-6-3-2-4-7-15/h5,8-12,15H,2-4,6-7,13H2,1H3,(H,26,27)/b20-12+. The molecule has 2 amide bonds. The molecule has 1 aromatic heterocycles. The van der Waals surface area contributed by atoms with E-state index in [2.05, 4.69) is 0 Å². The monoisotopic (exact) mass is 425 g/mol. The van der Waals surface area contributed by atoms with Gasteiger partial charge in [-0.25, -0.2) is 4.79 Å². The summed E-state index contributed by atoms with van der Waals surface area (Å²) in [5.41, 5.74) is 1.51. The second-order valence-electron chi connectivity index (χ2n) is 7.78. The SMILES string of the molecule is Cc1c(C(=O)O)cccc1-c1ccc(/C=C2/SC(=O)N(CC3CCCCC3)C2=O)o1. The van der Waals surface area contributed by atoms with Crippen LogP contribution in [0.2, 0.25) is 0 Å². The average Bonchev–Trinajstić information content (AvgIpc) is 3.29. The molecule has 2 heterocycles. The molecule has 1 N–H and O–H groups in total. The molecule has 1 aromatic carbocycles. The zero-order valence-electron chi connectivity index (χ0n) is 16.7. The lowest BCUT2D eigenvalue weighted by molar-refractivity contribution is -0.123. The molecule has 2 fully saturated rings. The molecule has 156 valence electrons. The highest BCUT2D eigenvalue weighted by atomic mass is 32.2. The van der Waals surface area contributed by atoms with Crippen molar-refractivity contribution in [1.82, 2.24) is 4.90 Å². The number of hydrogen-bond acceptors (Lipinski definition) is 5. The summed E-state index contributed by atoms with van der Waals surface area (Å²) in [6.45, 7) is 2.23. The molecule has 1 saturated carbocycles. The van der Waals surface area contributed by atoms with Crippen LogP contribution in [0.5, 0.6) is 0 Å². The molecular formula is C23H23NO5S. The van der Waals surface area contributed by atoms with Gasteiger partial charge in [-0.2, -0.15) is 0 Å². The van der Waals surface area contributed by atoms with Crippen LogP contribution in [0.15, 0.2) is 39.7 Å². The maximum Gasteiger partial charge on any atom is 0.335 e. The molecular weight excluding hydrogens is 402 g/mol. The van der Waals surface area contributed by atoms with Gasteiger partial charge in [-0.3, -0.25) is 14.5 Å². The van der Waals surface area contributed by atoms with E-state index in [9.17, 15) is 19.5 Å². The number of carbonyl (C=O) groups is 3. The number of aromatic carboxylic acids is 1. The van der Waals surface area contributed by atoms with Crippen LogP contribution in [0.4, 0.5) is 4.79 Å². The molecule has 1 aliphatic carbocycles. The zero-order chi connectivity index (χ0) is 21.3. The van der Waals surface area contributed by atoms with Crippen molar-refractivity contribution >= 4 is 35.0 Å². The van der Waals surface area contributed by atoms with Gasteiger partial charge >= 0.3 is 5.97 Å². The van der Waals surface area contributed by atoms with E-state index >= 15 is 0 Å². The van der Waals surface area contributed by atoms with Crippen molar-refractivity contribution in [3.05, 3.63) is 52.1 Å². The second kappa shape index (κ2) is 8.52. The van der Waals surface area contributed by atoms with E-state index in [0.29, 0.717) is 40.0 Å². The Morgan fingerprint density at radius 2 is 1.97 bits per heavy atom. The van der Waals surface area contributed by atoms with E-state index in [1.54, 1.807) is 43.3 Å². The first-order valence-corrected chi connectivity index (χ1v) is 10.9. The number of furan rings is 1. The first-order chi connectivity index (χ1) is 14.4. The number of imide groups is 1. The van der Waals surface area contributed by atoms with Crippen molar-refractivity contribution in [3.8, 4) is 11.3 Å². The summed E-state index contributed by atoms with van der Waals surface area (Å²) in [6, 6.07) is 8.48. The highest BCUT2D eigenvalue weighted by molar-refractivity contribution is 8.18. The molecule has 7 heteroatoms. The normalized spacial score (nSPS) is 19.1. The number of hydrogen-bond donors (Lipinski definition) is 1. The Balaban J connectivity index is 1.53. The van der Waals surface area contributed by atoms with Crippen molar-refractivity contribution in [1.29, 1.82) is 0 Å². The number of rotatable bonds is 5. The number of amides is 2. The lowest BCUT2D eigenvalue weighted by atomic mass is 9.89. The number of thioether (sulfide) groups is 1. The molecule has 0 radical (unpaired) electrons. The third-order valence-corrected chi connectivity index (χ3v) is 6.68. The predicted octanol–water partition coefficient (Wildman–Crippen LogP) is 5.57. The lowest BCUT2D eigenvalue weighted by Crippen LogP contribution is -2.34. The minimum absolute atomic E-state index is 0.217. The summed E-state index contributed by atoms with van der Waals surface area (Å²) < 4.78 is 5.85. The van der Waals surface area contributed by atoms with Crippen LogP contribution >= 0.6 is 11.8 Å². The van der Waals surface area contributed by atoms with Gasteiger partial charge in [0.2, 0.25) is 0 Å².